The van der Waals surface area contributed by atoms with Crippen molar-refractivity contribution in [1.82, 2.24) is 10.6 Å². The molecular weight excluding hydrogens is 247 g/mol. The number of aliphatic imine (C=N–C) groups is 1. The number of anilines is 1. The van der Waals surface area contributed by atoms with Gasteiger partial charge in [0, 0.05) is 18.8 Å². The summed E-state index contributed by atoms with van der Waals surface area (Å²) in [5.74, 6) is 0.000213. The standard InChI is InChI=1S/C13H19FN4O/c1-9(2)17-13(15-3)16-8-12(19)18-11-6-4-10(14)5-7-11/h4-7,9H,8H2,1-3H3,(H,18,19)(H2,15,16,17). The number of rotatable bonds is 4. The van der Waals surface area contributed by atoms with Gasteiger partial charge in [0.15, 0.2) is 5.96 Å². The fourth-order valence-electron chi connectivity index (χ4n) is 1.37. The van der Waals surface area contributed by atoms with E-state index in [1.54, 1.807) is 7.05 Å². The minimum absolute atomic E-state index is 0.0871. The van der Waals surface area contributed by atoms with Crippen LogP contribution in [0.5, 0.6) is 0 Å². The average Bonchev–Trinajstić information content (AvgIpc) is 2.37. The predicted octanol–water partition coefficient (Wildman–Crippen LogP) is 1.34. The first-order valence-electron chi connectivity index (χ1n) is 6.04. The van der Waals surface area contributed by atoms with Crippen LogP contribution in [0.3, 0.4) is 0 Å². The molecule has 3 N–H and O–H groups in total. The van der Waals surface area contributed by atoms with Crippen molar-refractivity contribution in [3.63, 3.8) is 0 Å². The summed E-state index contributed by atoms with van der Waals surface area (Å²) in [5.41, 5.74) is 0.556. The third kappa shape index (κ3) is 5.85. The van der Waals surface area contributed by atoms with Gasteiger partial charge in [0.1, 0.15) is 5.82 Å². The van der Waals surface area contributed by atoms with Crippen molar-refractivity contribution in [2.45, 2.75) is 19.9 Å². The van der Waals surface area contributed by atoms with Gasteiger partial charge in [0.2, 0.25) is 5.91 Å². The summed E-state index contributed by atoms with van der Waals surface area (Å²) in [6.45, 7) is 4.04. The van der Waals surface area contributed by atoms with E-state index >= 15 is 0 Å². The van der Waals surface area contributed by atoms with Gasteiger partial charge in [-0.05, 0) is 38.1 Å². The highest BCUT2D eigenvalue weighted by molar-refractivity contribution is 5.94. The summed E-state index contributed by atoms with van der Waals surface area (Å²) < 4.78 is 12.7. The molecule has 0 unspecified atom stereocenters. The summed E-state index contributed by atoms with van der Waals surface area (Å²) in [7, 11) is 1.63. The normalized spacial score (nSPS) is 11.3. The van der Waals surface area contributed by atoms with Crippen LogP contribution in [-0.2, 0) is 4.79 Å². The fourth-order valence-corrected chi connectivity index (χ4v) is 1.37. The lowest BCUT2D eigenvalue weighted by molar-refractivity contribution is -0.115. The third-order valence-electron chi connectivity index (χ3n) is 2.19. The van der Waals surface area contributed by atoms with Crippen molar-refractivity contribution >= 4 is 17.6 Å². The maximum absolute atomic E-state index is 12.7. The number of hydrogen-bond acceptors (Lipinski definition) is 2. The lowest BCUT2D eigenvalue weighted by atomic mass is 10.3. The maximum atomic E-state index is 12.7. The number of hydrogen-bond donors (Lipinski definition) is 3. The Balaban J connectivity index is 2.41. The van der Waals surface area contributed by atoms with Crippen LogP contribution in [-0.4, -0.2) is 31.5 Å². The minimum atomic E-state index is -0.336. The number of guanidine groups is 1. The predicted molar refractivity (Wildman–Crippen MR) is 74.7 cm³/mol. The first-order chi connectivity index (χ1) is 9.01. The van der Waals surface area contributed by atoms with Crippen LogP contribution >= 0.6 is 0 Å². The molecule has 0 heterocycles. The second-order valence-electron chi connectivity index (χ2n) is 4.28. The van der Waals surface area contributed by atoms with Gasteiger partial charge in [0.05, 0.1) is 6.54 Å². The van der Waals surface area contributed by atoms with E-state index < -0.39 is 0 Å². The molecule has 5 nitrogen and oxygen atoms in total. The molecule has 0 spiro atoms. The first-order valence-corrected chi connectivity index (χ1v) is 6.04. The highest BCUT2D eigenvalue weighted by Crippen LogP contribution is 2.07. The Labute approximate surface area is 112 Å². The van der Waals surface area contributed by atoms with Gasteiger partial charge >= 0.3 is 0 Å². The molecule has 0 aliphatic rings. The molecule has 1 rings (SSSR count). The Morgan fingerprint density at radius 3 is 2.47 bits per heavy atom. The van der Waals surface area contributed by atoms with Crippen molar-refractivity contribution in [3.05, 3.63) is 30.1 Å². The molecule has 6 heteroatoms. The van der Waals surface area contributed by atoms with Crippen LogP contribution < -0.4 is 16.0 Å². The van der Waals surface area contributed by atoms with Crippen LogP contribution in [0.15, 0.2) is 29.3 Å². The molecule has 0 aromatic heterocycles. The van der Waals surface area contributed by atoms with E-state index in [1.165, 1.54) is 24.3 Å². The SMILES string of the molecule is CN=C(NCC(=O)Nc1ccc(F)cc1)NC(C)C. The van der Waals surface area contributed by atoms with Crippen molar-refractivity contribution in [3.8, 4) is 0 Å². The number of amides is 1. The summed E-state index contributed by atoms with van der Waals surface area (Å²) in [4.78, 5) is 15.6. The number of nitrogens with zero attached hydrogens (tertiary/aromatic N) is 1. The largest absolute Gasteiger partial charge is 0.354 e. The van der Waals surface area contributed by atoms with E-state index in [1.807, 2.05) is 13.8 Å². The van der Waals surface area contributed by atoms with Gasteiger partial charge in [-0.25, -0.2) is 4.39 Å². The van der Waals surface area contributed by atoms with Gasteiger partial charge in [-0.3, -0.25) is 9.79 Å². The fraction of sp³-hybridized carbons (Fsp3) is 0.385. The van der Waals surface area contributed by atoms with Crippen LogP contribution in [0.2, 0.25) is 0 Å². The Bertz CT molecular complexity index is 442. The number of nitrogens with one attached hydrogen (secondary N) is 3. The number of benzene rings is 1. The lowest BCUT2D eigenvalue weighted by Gasteiger charge is -2.14. The van der Waals surface area contributed by atoms with Crippen LogP contribution in [0.1, 0.15) is 13.8 Å². The van der Waals surface area contributed by atoms with Crippen molar-refractivity contribution in [1.29, 1.82) is 0 Å². The van der Waals surface area contributed by atoms with Crippen molar-refractivity contribution in [2.24, 2.45) is 4.99 Å². The summed E-state index contributed by atoms with van der Waals surface area (Å²) in [6, 6.07) is 5.83. The second-order valence-corrected chi connectivity index (χ2v) is 4.28. The molecule has 1 aromatic rings. The second kappa shape index (κ2) is 7.35. The molecule has 1 aromatic carbocycles. The first kappa shape index (κ1) is 14.9. The molecule has 1 amide bonds. The summed E-state index contributed by atoms with van der Waals surface area (Å²) >= 11 is 0. The van der Waals surface area contributed by atoms with E-state index in [0.29, 0.717) is 11.6 Å². The van der Waals surface area contributed by atoms with E-state index in [9.17, 15) is 9.18 Å². The van der Waals surface area contributed by atoms with Crippen LogP contribution in [0, 0.1) is 5.82 Å². The van der Waals surface area contributed by atoms with E-state index in [4.69, 9.17) is 0 Å². The van der Waals surface area contributed by atoms with Gasteiger partial charge in [0.25, 0.3) is 0 Å². The summed E-state index contributed by atoms with van der Waals surface area (Å²) in [5, 5.41) is 8.60. The van der Waals surface area contributed by atoms with Gasteiger partial charge in [-0.15, -0.1) is 0 Å². The van der Waals surface area contributed by atoms with E-state index in [2.05, 4.69) is 20.9 Å². The molecule has 0 saturated carbocycles. The van der Waals surface area contributed by atoms with E-state index in [0.717, 1.165) is 0 Å². The van der Waals surface area contributed by atoms with Crippen molar-refractivity contribution < 1.29 is 9.18 Å². The molecule has 104 valence electrons. The van der Waals surface area contributed by atoms with Gasteiger partial charge in [-0.1, -0.05) is 0 Å². The maximum Gasteiger partial charge on any atom is 0.243 e. The zero-order valence-electron chi connectivity index (χ0n) is 11.3. The Hall–Kier alpha value is -2.11. The Morgan fingerprint density at radius 1 is 1.32 bits per heavy atom. The molecule has 0 bridgehead atoms. The molecular formula is C13H19FN4O. The number of halogens is 1. The molecule has 0 radical (unpaired) electrons. The average molecular weight is 266 g/mol. The van der Waals surface area contributed by atoms with Gasteiger partial charge < -0.3 is 16.0 Å². The molecule has 0 aliphatic carbocycles. The molecule has 0 fully saturated rings. The Morgan fingerprint density at radius 2 is 1.95 bits per heavy atom. The zero-order chi connectivity index (χ0) is 14.3. The smallest absolute Gasteiger partial charge is 0.243 e. The van der Waals surface area contributed by atoms with Crippen molar-refractivity contribution in [2.75, 3.05) is 18.9 Å². The van der Waals surface area contributed by atoms with E-state index in [-0.39, 0.29) is 24.3 Å². The lowest BCUT2D eigenvalue weighted by Crippen LogP contribution is -2.44. The minimum Gasteiger partial charge on any atom is -0.354 e. The monoisotopic (exact) mass is 266 g/mol. The molecule has 0 saturated heterocycles. The number of carbonyl (C=O) groups excluding carboxylic acids is 1. The van der Waals surface area contributed by atoms with Crippen LogP contribution in [0.25, 0.3) is 0 Å². The highest BCUT2D eigenvalue weighted by Gasteiger charge is 2.05. The summed E-state index contributed by atoms with van der Waals surface area (Å²) in [6.07, 6.45) is 0. The number of carbonyl (C=O) groups is 1. The Kier molecular flexibility index (Phi) is 5.78. The highest BCUT2D eigenvalue weighted by atomic mass is 19.1. The quantitative estimate of drug-likeness (QED) is 0.569. The third-order valence-corrected chi connectivity index (χ3v) is 2.19. The van der Waals surface area contributed by atoms with Crippen LogP contribution in [0.4, 0.5) is 10.1 Å². The molecule has 0 aliphatic heterocycles. The van der Waals surface area contributed by atoms with Gasteiger partial charge in [-0.2, -0.15) is 0 Å². The zero-order valence-corrected chi connectivity index (χ0v) is 11.3. The molecule has 19 heavy (non-hydrogen) atoms. The topological polar surface area (TPSA) is 65.5 Å². The molecule has 0 atom stereocenters.